The molecule has 0 aromatic carbocycles. The summed E-state index contributed by atoms with van der Waals surface area (Å²) in [5.41, 5.74) is 0. The van der Waals surface area contributed by atoms with Crippen molar-refractivity contribution in [3.63, 3.8) is 0 Å². The van der Waals surface area contributed by atoms with Gasteiger partial charge < -0.3 is 0 Å². The number of rotatable bonds is 2. The zero-order chi connectivity index (χ0) is 8.10. The molecule has 1 rings (SSSR count). The molecule has 0 aliphatic rings. The third-order valence-corrected chi connectivity index (χ3v) is 2.21. The maximum absolute atomic E-state index is 8.51. The average Bonchev–Trinajstić information content (AvgIpc) is 2.48. The largest absolute Gasteiger partial charge is 0.192 e. The maximum Gasteiger partial charge on any atom is 0.110 e. The van der Waals surface area contributed by atoms with Crippen LogP contribution in [-0.4, -0.2) is 0 Å². The Balaban J connectivity index is 2.75. The fraction of sp³-hybridized carbons (Fsp3) is 0.222. The molecule has 11 heavy (non-hydrogen) atoms. The lowest BCUT2D eigenvalue weighted by Crippen LogP contribution is -1.55. The first-order valence-corrected chi connectivity index (χ1v) is 4.35. The van der Waals surface area contributed by atoms with Crippen molar-refractivity contribution in [1.82, 2.24) is 0 Å². The smallest absolute Gasteiger partial charge is 0.110 e. The van der Waals surface area contributed by atoms with Crippen LogP contribution >= 0.6 is 11.3 Å². The van der Waals surface area contributed by atoms with Crippen LogP contribution in [0.5, 0.6) is 0 Å². The molecule has 56 valence electrons. The number of thiophene rings is 1. The number of nitriles is 1. The Labute approximate surface area is 70.6 Å². The molecule has 1 nitrogen and oxygen atoms in total. The van der Waals surface area contributed by atoms with Crippen molar-refractivity contribution >= 4 is 17.4 Å². The Kier molecular flexibility index (Phi) is 2.88. The molecule has 0 aliphatic heterocycles. The molecule has 1 aromatic rings. The van der Waals surface area contributed by atoms with Crippen LogP contribution in [0.15, 0.2) is 18.2 Å². The van der Waals surface area contributed by atoms with Gasteiger partial charge in [-0.05, 0) is 24.6 Å². The summed E-state index contributed by atoms with van der Waals surface area (Å²) in [6.45, 7) is 2.09. The number of hydrogen-bond acceptors (Lipinski definition) is 2. The minimum Gasteiger partial charge on any atom is -0.192 e. The first-order chi connectivity index (χ1) is 5.36. The molecule has 0 radical (unpaired) electrons. The maximum atomic E-state index is 8.51. The van der Waals surface area contributed by atoms with E-state index >= 15 is 0 Å². The van der Waals surface area contributed by atoms with Crippen molar-refractivity contribution in [2.75, 3.05) is 0 Å². The summed E-state index contributed by atoms with van der Waals surface area (Å²) in [6.07, 6.45) is 5.18. The van der Waals surface area contributed by atoms with Gasteiger partial charge in [-0.15, -0.1) is 11.3 Å². The van der Waals surface area contributed by atoms with Crippen LogP contribution in [0.4, 0.5) is 0 Å². The van der Waals surface area contributed by atoms with E-state index in [1.54, 1.807) is 0 Å². The molecule has 0 spiro atoms. The quantitative estimate of drug-likeness (QED) is 0.657. The van der Waals surface area contributed by atoms with Gasteiger partial charge in [0.2, 0.25) is 0 Å². The van der Waals surface area contributed by atoms with E-state index in [0.29, 0.717) is 0 Å². The van der Waals surface area contributed by atoms with Gasteiger partial charge >= 0.3 is 0 Å². The molecule has 0 saturated heterocycles. The first-order valence-electron chi connectivity index (χ1n) is 3.53. The van der Waals surface area contributed by atoms with Crippen LogP contribution in [-0.2, 0) is 0 Å². The fourth-order valence-corrected chi connectivity index (χ4v) is 1.47. The third-order valence-electron chi connectivity index (χ3n) is 1.25. The number of hydrogen-bond donors (Lipinski definition) is 0. The van der Waals surface area contributed by atoms with Crippen molar-refractivity contribution in [1.29, 1.82) is 5.26 Å². The summed E-state index contributed by atoms with van der Waals surface area (Å²) >= 11 is 1.52. The van der Waals surface area contributed by atoms with E-state index in [4.69, 9.17) is 5.26 Å². The minimum atomic E-state index is 0.778. The van der Waals surface area contributed by atoms with Crippen LogP contribution in [0.2, 0.25) is 0 Å². The monoisotopic (exact) mass is 163 g/mol. The Bertz CT molecular complexity index is 291. The predicted molar refractivity (Wildman–Crippen MR) is 48.4 cm³/mol. The highest BCUT2D eigenvalue weighted by Crippen LogP contribution is 2.16. The number of nitrogens with zero attached hydrogens (tertiary/aromatic N) is 1. The van der Waals surface area contributed by atoms with Gasteiger partial charge in [-0.2, -0.15) is 5.26 Å². The van der Waals surface area contributed by atoms with Crippen LogP contribution in [0.1, 0.15) is 23.1 Å². The topological polar surface area (TPSA) is 23.8 Å². The van der Waals surface area contributed by atoms with Gasteiger partial charge in [0.05, 0.1) is 0 Å². The van der Waals surface area contributed by atoms with E-state index in [1.807, 2.05) is 18.2 Å². The Morgan fingerprint density at radius 2 is 2.45 bits per heavy atom. The Morgan fingerprint density at radius 3 is 3.00 bits per heavy atom. The number of allylic oxidation sites excluding steroid dienone is 1. The fourth-order valence-electron chi connectivity index (χ4n) is 0.736. The highest BCUT2D eigenvalue weighted by atomic mass is 32.1. The van der Waals surface area contributed by atoms with Gasteiger partial charge in [-0.25, -0.2) is 0 Å². The molecule has 2 heteroatoms. The molecule has 0 amide bonds. The summed E-state index contributed by atoms with van der Waals surface area (Å²) in [4.78, 5) is 1.93. The van der Waals surface area contributed by atoms with E-state index in [0.717, 1.165) is 16.2 Å². The van der Waals surface area contributed by atoms with Crippen molar-refractivity contribution < 1.29 is 0 Å². The molecule has 1 aromatic heterocycles. The van der Waals surface area contributed by atoms with Gasteiger partial charge in [0.1, 0.15) is 10.9 Å². The highest BCUT2D eigenvalue weighted by molar-refractivity contribution is 7.13. The molecule has 0 fully saturated rings. The normalized spacial score (nSPS) is 10.2. The standard InChI is InChI=1S/C9H9NS/c1-2-3-4-8-5-6-9(7-10)11-8/h3-6H,2H2,1H3/b4-3+. The van der Waals surface area contributed by atoms with Crippen LogP contribution in [0.25, 0.3) is 6.08 Å². The van der Waals surface area contributed by atoms with Crippen LogP contribution in [0.3, 0.4) is 0 Å². The van der Waals surface area contributed by atoms with Gasteiger partial charge in [-0.1, -0.05) is 13.0 Å². The lowest BCUT2D eigenvalue weighted by molar-refractivity contribution is 1.23. The van der Waals surface area contributed by atoms with Crippen molar-refractivity contribution in [2.24, 2.45) is 0 Å². The van der Waals surface area contributed by atoms with Gasteiger partial charge in [-0.3, -0.25) is 0 Å². The molecular weight excluding hydrogens is 154 g/mol. The Morgan fingerprint density at radius 1 is 1.64 bits per heavy atom. The lowest BCUT2D eigenvalue weighted by atomic mass is 10.3. The molecule has 0 unspecified atom stereocenters. The molecule has 1 heterocycles. The van der Waals surface area contributed by atoms with Gasteiger partial charge in [0, 0.05) is 4.88 Å². The zero-order valence-electron chi connectivity index (χ0n) is 6.37. The minimum absolute atomic E-state index is 0.778. The highest BCUT2D eigenvalue weighted by Gasteiger charge is 1.93. The molecular formula is C9H9NS. The molecule has 0 saturated carbocycles. The molecule has 0 atom stereocenters. The van der Waals surface area contributed by atoms with Crippen molar-refractivity contribution in [3.8, 4) is 6.07 Å². The zero-order valence-corrected chi connectivity index (χ0v) is 7.19. The Hall–Kier alpha value is -1.07. The van der Waals surface area contributed by atoms with E-state index < -0.39 is 0 Å². The lowest BCUT2D eigenvalue weighted by Gasteiger charge is -1.79. The first kappa shape index (κ1) is 8.03. The molecule has 0 N–H and O–H groups in total. The summed E-state index contributed by atoms with van der Waals surface area (Å²) in [5, 5.41) is 8.51. The summed E-state index contributed by atoms with van der Waals surface area (Å²) in [6, 6.07) is 5.92. The van der Waals surface area contributed by atoms with E-state index in [2.05, 4.69) is 19.1 Å². The summed E-state index contributed by atoms with van der Waals surface area (Å²) in [7, 11) is 0. The van der Waals surface area contributed by atoms with Crippen molar-refractivity contribution in [2.45, 2.75) is 13.3 Å². The van der Waals surface area contributed by atoms with E-state index in [-0.39, 0.29) is 0 Å². The SMILES string of the molecule is CC/C=C/c1ccc(C#N)s1. The second kappa shape index (κ2) is 3.95. The van der Waals surface area contributed by atoms with Gasteiger partial charge in [0.25, 0.3) is 0 Å². The van der Waals surface area contributed by atoms with Crippen LogP contribution in [0, 0.1) is 11.3 Å². The van der Waals surface area contributed by atoms with Crippen LogP contribution < -0.4 is 0 Å². The molecule has 0 bridgehead atoms. The second-order valence-electron chi connectivity index (χ2n) is 2.12. The summed E-state index contributed by atoms with van der Waals surface area (Å²) < 4.78 is 0. The second-order valence-corrected chi connectivity index (χ2v) is 3.24. The van der Waals surface area contributed by atoms with E-state index in [1.165, 1.54) is 11.3 Å². The van der Waals surface area contributed by atoms with E-state index in [9.17, 15) is 0 Å². The van der Waals surface area contributed by atoms with Gasteiger partial charge in [0.15, 0.2) is 0 Å². The molecule has 0 aliphatic carbocycles. The summed E-state index contributed by atoms with van der Waals surface area (Å²) in [5.74, 6) is 0. The third kappa shape index (κ3) is 2.21. The average molecular weight is 163 g/mol. The predicted octanol–water partition coefficient (Wildman–Crippen LogP) is 3.04. The van der Waals surface area contributed by atoms with Crippen molar-refractivity contribution in [3.05, 3.63) is 28.0 Å².